The van der Waals surface area contributed by atoms with E-state index < -0.39 is 0 Å². The van der Waals surface area contributed by atoms with Crippen LogP contribution in [0, 0.1) is 11.8 Å². The van der Waals surface area contributed by atoms with Gasteiger partial charge in [0.2, 0.25) is 5.91 Å². The Morgan fingerprint density at radius 3 is 2.20 bits per heavy atom. The van der Waals surface area contributed by atoms with Crippen molar-refractivity contribution in [2.45, 2.75) is 51.8 Å². The molecule has 1 saturated carbocycles. The predicted octanol–water partition coefficient (Wildman–Crippen LogP) is 2.59. The van der Waals surface area contributed by atoms with Gasteiger partial charge in [0.05, 0.1) is 5.25 Å². The number of thiol groups is 1. The summed E-state index contributed by atoms with van der Waals surface area (Å²) in [6, 6.07) is 0.298. The van der Waals surface area contributed by atoms with Crippen molar-refractivity contribution in [3.8, 4) is 0 Å². The Labute approximate surface area is 98.8 Å². The van der Waals surface area contributed by atoms with Crippen molar-refractivity contribution >= 4 is 18.5 Å². The summed E-state index contributed by atoms with van der Waals surface area (Å²) < 4.78 is 0. The Kier molecular flexibility index (Phi) is 4.50. The van der Waals surface area contributed by atoms with Gasteiger partial charge in [0.15, 0.2) is 0 Å². The number of hydrogen-bond acceptors (Lipinski definition) is 2. The second-order valence-corrected chi connectivity index (χ2v) is 5.77. The average Bonchev–Trinajstić information content (AvgIpc) is 2.94. The highest BCUT2D eigenvalue weighted by Gasteiger charge is 2.31. The van der Waals surface area contributed by atoms with Gasteiger partial charge in [0, 0.05) is 12.6 Å². The molecule has 1 amide bonds. The fourth-order valence-electron chi connectivity index (χ4n) is 1.59. The molecule has 0 aromatic heterocycles. The van der Waals surface area contributed by atoms with Crippen LogP contribution in [-0.2, 0) is 4.79 Å². The van der Waals surface area contributed by atoms with Crippen molar-refractivity contribution in [1.29, 1.82) is 0 Å². The molecule has 1 fully saturated rings. The molecule has 0 aliphatic heterocycles. The fourth-order valence-corrected chi connectivity index (χ4v) is 1.74. The van der Waals surface area contributed by atoms with Crippen LogP contribution in [0.3, 0.4) is 0 Å². The fraction of sp³-hybridized carbons (Fsp3) is 0.917. The van der Waals surface area contributed by atoms with Crippen molar-refractivity contribution in [1.82, 2.24) is 4.90 Å². The van der Waals surface area contributed by atoms with Crippen molar-refractivity contribution in [3.63, 3.8) is 0 Å². The number of carbonyl (C=O) groups excluding carboxylic acids is 1. The zero-order chi connectivity index (χ0) is 11.6. The first-order chi connectivity index (χ1) is 6.93. The Morgan fingerprint density at radius 1 is 1.33 bits per heavy atom. The molecule has 0 radical (unpaired) electrons. The lowest BCUT2D eigenvalue weighted by Gasteiger charge is -2.30. The van der Waals surface area contributed by atoms with Gasteiger partial charge < -0.3 is 4.90 Å². The molecule has 1 unspecified atom stereocenters. The first-order valence-electron chi connectivity index (χ1n) is 5.92. The van der Waals surface area contributed by atoms with E-state index in [9.17, 15) is 4.79 Å². The molecule has 3 heteroatoms. The zero-order valence-electron chi connectivity index (χ0n) is 10.2. The van der Waals surface area contributed by atoms with Crippen LogP contribution in [0.2, 0.25) is 0 Å². The zero-order valence-corrected chi connectivity index (χ0v) is 11.1. The standard InChI is InChI=1S/C12H23NOS/c1-8(2)11(15)12(14)13(9(3)4)7-10-5-6-10/h8-11,15H,5-7H2,1-4H3. The van der Waals surface area contributed by atoms with Crippen molar-refractivity contribution < 1.29 is 4.79 Å². The van der Waals surface area contributed by atoms with E-state index in [1.165, 1.54) is 12.8 Å². The molecule has 0 heterocycles. The van der Waals surface area contributed by atoms with Gasteiger partial charge in [0.1, 0.15) is 0 Å². The van der Waals surface area contributed by atoms with Gasteiger partial charge in [-0.2, -0.15) is 12.6 Å². The third-order valence-electron chi connectivity index (χ3n) is 2.94. The van der Waals surface area contributed by atoms with Crippen LogP contribution in [0.1, 0.15) is 40.5 Å². The second-order valence-electron chi connectivity index (χ2n) is 5.22. The van der Waals surface area contributed by atoms with E-state index in [4.69, 9.17) is 0 Å². The quantitative estimate of drug-likeness (QED) is 0.719. The topological polar surface area (TPSA) is 20.3 Å². The van der Waals surface area contributed by atoms with E-state index in [0.717, 1.165) is 12.5 Å². The molecular weight excluding hydrogens is 206 g/mol. The van der Waals surface area contributed by atoms with Crippen LogP contribution in [0.4, 0.5) is 0 Å². The molecule has 0 aromatic carbocycles. The SMILES string of the molecule is CC(C)C(S)C(=O)N(CC1CC1)C(C)C. The van der Waals surface area contributed by atoms with Crippen LogP contribution in [-0.4, -0.2) is 28.6 Å². The molecule has 1 rings (SSSR count). The summed E-state index contributed by atoms with van der Waals surface area (Å²) in [5.74, 6) is 1.26. The highest BCUT2D eigenvalue weighted by Crippen LogP contribution is 2.31. The largest absolute Gasteiger partial charge is 0.339 e. The lowest BCUT2D eigenvalue weighted by Crippen LogP contribution is -2.44. The van der Waals surface area contributed by atoms with Gasteiger partial charge >= 0.3 is 0 Å². The van der Waals surface area contributed by atoms with Gasteiger partial charge in [-0.25, -0.2) is 0 Å². The number of rotatable bonds is 5. The van der Waals surface area contributed by atoms with Crippen molar-refractivity contribution in [2.24, 2.45) is 11.8 Å². The van der Waals surface area contributed by atoms with E-state index in [1.807, 2.05) is 18.7 Å². The van der Waals surface area contributed by atoms with Crippen LogP contribution in [0.15, 0.2) is 0 Å². The number of amides is 1. The smallest absolute Gasteiger partial charge is 0.235 e. The minimum atomic E-state index is -0.147. The summed E-state index contributed by atoms with van der Waals surface area (Å²) in [4.78, 5) is 14.1. The average molecular weight is 229 g/mol. The van der Waals surface area contributed by atoms with Crippen LogP contribution >= 0.6 is 12.6 Å². The third kappa shape index (κ3) is 3.71. The first-order valence-corrected chi connectivity index (χ1v) is 6.43. The maximum atomic E-state index is 12.1. The van der Waals surface area contributed by atoms with Crippen LogP contribution in [0.25, 0.3) is 0 Å². The van der Waals surface area contributed by atoms with E-state index in [1.54, 1.807) is 0 Å². The summed E-state index contributed by atoms with van der Waals surface area (Å²) in [6.45, 7) is 9.19. The number of carbonyl (C=O) groups is 1. The minimum Gasteiger partial charge on any atom is -0.339 e. The minimum absolute atomic E-state index is 0.147. The van der Waals surface area contributed by atoms with Crippen molar-refractivity contribution in [3.05, 3.63) is 0 Å². The lowest BCUT2D eigenvalue weighted by molar-refractivity contribution is -0.133. The summed E-state index contributed by atoms with van der Waals surface area (Å²) in [6.07, 6.45) is 2.57. The Balaban J connectivity index is 2.57. The molecule has 1 aliphatic carbocycles. The van der Waals surface area contributed by atoms with Gasteiger partial charge in [-0.3, -0.25) is 4.79 Å². The number of hydrogen-bond donors (Lipinski definition) is 1. The maximum absolute atomic E-state index is 12.1. The van der Waals surface area contributed by atoms with Gasteiger partial charge in [-0.1, -0.05) is 13.8 Å². The van der Waals surface area contributed by atoms with Crippen LogP contribution in [0.5, 0.6) is 0 Å². The Bertz CT molecular complexity index is 224. The molecule has 15 heavy (non-hydrogen) atoms. The van der Waals surface area contributed by atoms with Gasteiger partial charge in [0.25, 0.3) is 0 Å². The maximum Gasteiger partial charge on any atom is 0.235 e. The van der Waals surface area contributed by atoms with E-state index in [-0.39, 0.29) is 11.2 Å². The summed E-state index contributed by atoms with van der Waals surface area (Å²) in [7, 11) is 0. The summed E-state index contributed by atoms with van der Waals surface area (Å²) in [5, 5.41) is -0.147. The molecule has 0 saturated heterocycles. The highest BCUT2D eigenvalue weighted by atomic mass is 32.1. The highest BCUT2D eigenvalue weighted by molar-refractivity contribution is 7.81. The van der Waals surface area contributed by atoms with E-state index >= 15 is 0 Å². The lowest BCUT2D eigenvalue weighted by atomic mass is 10.1. The number of nitrogens with zero attached hydrogens (tertiary/aromatic N) is 1. The first kappa shape index (κ1) is 12.9. The monoisotopic (exact) mass is 229 g/mol. The molecule has 0 bridgehead atoms. The van der Waals surface area contributed by atoms with E-state index in [0.29, 0.717) is 12.0 Å². The molecule has 1 aliphatic rings. The van der Waals surface area contributed by atoms with Crippen molar-refractivity contribution in [2.75, 3.05) is 6.54 Å². The molecule has 0 N–H and O–H groups in total. The molecule has 2 nitrogen and oxygen atoms in total. The third-order valence-corrected chi connectivity index (χ3v) is 3.76. The summed E-state index contributed by atoms with van der Waals surface area (Å²) in [5.41, 5.74) is 0. The molecular formula is C12H23NOS. The molecule has 0 spiro atoms. The predicted molar refractivity (Wildman–Crippen MR) is 67.2 cm³/mol. The molecule has 1 atom stereocenters. The van der Waals surface area contributed by atoms with Gasteiger partial charge in [-0.15, -0.1) is 0 Å². The molecule has 0 aromatic rings. The summed E-state index contributed by atoms with van der Waals surface area (Å²) >= 11 is 4.41. The van der Waals surface area contributed by atoms with Gasteiger partial charge in [-0.05, 0) is 38.5 Å². The van der Waals surface area contributed by atoms with E-state index in [2.05, 4.69) is 26.5 Å². The van der Waals surface area contributed by atoms with Crippen LogP contribution < -0.4 is 0 Å². The Hall–Kier alpha value is -0.180. The molecule has 88 valence electrons. The Morgan fingerprint density at radius 2 is 1.87 bits per heavy atom. The second kappa shape index (κ2) is 5.24. The normalized spacial score (nSPS) is 18.3.